The molecule has 0 aliphatic carbocycles. The highest BCUT2D eigenvalue weighted by molar-refractivity contribution is 7.98. The average molecular weight is 314 g/mol. The van der Waals surface area contributed by atoms with Crippen molar-refractivity contribution >= 4 is 17.7 Å². The summed E-state index contributed by atoms with van der Waals surface area (Å²) in [5.41, 5.74) is -1.50. The minimum Gasteiger partial charge on any atom is -0.478 e. The van der Waals surface area contributed by atoms with Crippen LogP contribution in [0.1, 0.15) is 28.4 Å². The van der Waals surface area contributed by atoms with Gasteiger partial charge in [0.2, 0.25) is 0 Å². The molecule has 1 N–H and O–H groups in total. The predicted molar refractivity (Wildman–Crippen MR) is 64.5 cm³/mol. The number of halogens is 5. The van der Waals surface area contributed by atoms with Gasteiger partial charge in [0.25, 0.3) is 0 Å². The molecule has 2 nitrogen and oxygen atoms in total. The number of carboxylic acids is 1. The van der Waals surface area contributed by atoms with E-state index in [-0.39, 0.29) is 22.4 Å². The molecule has 0 radical (unpaired) electrons. The maximum atomic E-state index is 13.5. The van der Waals surface area contributed by atoms with Crippen LogP contribution in [0.25, 0.3) is 0 Å². The van der Waals surface area contributed by atoms with Crippen LogP contribution in [0.5, 0.6) is 0 Å². The van der Waals surface area contributed by atoms with Crippen LogP contribution < -0.4 is 0 Å². The third-order valence-corrected chi connectivity index (χ3v) is 3.62. The van der Waals surface area contributed by atoms with E-state index in [4.69, 9.17) is 5.11 Å². The molecule has 0 spiro atoms. The molecule has 1 rings (SSSR count). The van der Waals surface area contributed by atoms with Crippen molar-refractivity contribution in [3.63, 3.8) is 0 Å². The zero-order valence-electron chi connectivity index (χ0n) is 10.5. The molecule has 0 saturated heterocycles. The summed E-state index contributed by atoms with van der Waals surface area (Å²) in [6.45, 7) is 1.50. The third-order valence-electron chi connectivity index (χ3n) is 2.74. The number of thioether (sulfide) groups is 1. The first-order chi connectivity index (χ1) is 9.07. The highest BCUT2D eigenvalue weighted by Crippen LogP contribution is 2.47. The summed E-state index contributed by atoms with van der Waals surface area (Å²) in [6.07, 6.45) is -4.36. The SMILES string of the molecule is CCc1c(C(=O)O)ccc(C(F)(F)C(F)(F)F)c1SC. The molecule has 0 aliphatic rings. The van der Waals surface area contributed by atoms with Crippen LogP contribution in [-0.4, -0.2) is 23.5 Å². The number of carbonyl (C=O) groups is 1. The van der Waals surface area contributed by atoms with Crippen LogP contribution in [-0.2, 0) is 12.3 Å². The van der Waals surface area contributed by atoms with Crippen molar-refractivity contribution in [2.24, 2.45) is 0 Å². The average Bonchev–Trinajstić information content (AvgIpc) is 2.34. The van der Waals surface area contributed by atoms with E-state index in [0.29, 0.717) is 17.8 Å². The lowest BCUT2D eigenvalue weighted by molar-refractivity contribution is -0.290. The Morgan fingerprint density at radius 2 is 1.80 bits per heavy atom. The van der Waals surface area contributed by atoms with E-state index >= 15 is 0 Å². The molecule has 0 aliphatic heterocycles. The van der Waals surface area contributed by atoms with E-state index in [2.05, 4.69) is 0 Å². The van der Waals surface area contributed by atoms with Gasteiger partial charge in [0.15, 0.2) is 0 Å². The molecule has 20 heavy (non-hydrogen) atoms. The molecule has 0 saturated carbocycles. The third kappa shape index (κ3) is 2.74. The van der Waals surface area contributed by atoms with Gasteiger partial charge in [-0.05, 0) is 24.3 Å². The van der Waals surface area contributed by atoms with Crippen LogP contribution in [0.4, 0.5) is 22.0 Å². The fourth-order valence-electron chi connectivity index (χ4n) is 1.81. The van der Waals surface area contributed by atoms with Gasteiger partial charge in [-0.25, -0.2) is 4.79 Å². The normalized spacial score (nSPS) is 12.6. The molecule has 0 heterocycles. The largest absolute Gasteiger partial charge is 0.478 e. The maximum Gasteiger partial charge on any atom is 0.458 e. The fraction of sp³-hybridized carbons (Fsp3) is 0.417. The smallest absolute Gasteiger partial charge is 0.458 e. The highest BCUT2D eigenvalue weighted by atomic mass is 32.2. The number of rotatable bonds is 4. The second-order valence-corrected chi connectivity index (χ2v) is 4.72. The first-order valence-corrected chi connectivity index (χ1v) is 6.68. The van der Waals surface area contributed by atoms with Crippen molar-refractivity contribution < 1.29 is 31.9 Å². The van der Waals surface area contributed by atoms with E-state index in [0.717, 1.165) is 6.07 Å². The van der Waals surface area contributed by atoms with Gasteiger partial charge >= 0.3 is 18.1 Å². The topological polar surface area (TPSA) is 37.3 Å². The zero-order valence-corrected chi connectivity index (χ0v) is 11.3. The summed E-state index contributed by atoms with van der Waals surface area (Å²) in [4.78, 5) is 10.6. The van der Waals surface area contributed by atoms with Crippen LogP contribution in [0.15, 0.2) is 17.0 Å². The first kappa shape index (κ1) is 16.7. The molecule has 0 aromatic heterocycles. The number of benzene rings is 1. The van der Waals surface area contributed by atoms with E-state index in [1.54, 1.807) is 0 Å². The highest BCUT2D eigenvalue weighted by Gasteiger charge is 2.59. The quantitative estimate of drug-likeness (QED) is 0.664. The number of hydrogen-bond acceptors (Lipinski definition) is 2. The summed E-state index contributed by atoms with van der Waals surface area (Å²) in [5.74, 6) is -6.38. The van der Waals surface area contributed by atoms with E-state index in [1.807, 2.05) is 0 Å². The Morgan fingerprint density at radius 3 is 2.15 bits per heavy atom. The molecule has 0 fully saturated rings. The molecule has 112 valence electrons. The number of alkyl halides is 5. The van der Waals surface area contributed by atoms with Crippen LogP contribution in [0.3, 0.4) is 0 Å². The maximum absolute atomic E-state index is 13.5. The number of hydrogen-bond donors (Lipinski definition) is 1. The lowest BCUT2D eigenvalue weighted by Crippen LogP contribution is -2.34. The molecule has 0 unspecified atom stereocenters. The lowest BCUT2D eigenvalue weighted by atomic mass is 9.98. The standard InChI is InChI=1S/C12H11F5O2S/c1-3-6-7(10(18)19)4-5-8(9(6)20-2)11(13,14)12(15,16)17/h4-5H,3H2,1-2H3,(H,18,19). The molecule has 1 aromatic carbocycles. The summed E-state index contributed by atoms with van der Waals surface area (Å²) < 4.78 is 64.3. The molecular weight excluding hydrogens is 303 g/mol. The van der Waals surface area contributed by atoms with Gasteiger partial charge in [-0.15, -0.1) is 11.8 Å². The summed E-state index contributed by atoms with van der Waals surface area (Å²) in [5, 5.41) is 8.95. The van der Waals surface area contributed by atoms with Crippen molar-refractivity contribution in [3.05, 3.63) is 28.8 Å². The Kier molecular flexibility index (Phi) is 4.68. The van der Waals surface area contributed by atoms with Crippen LogP contribution in [0.2, 0.25) is 0 Å². The van der Waals surface area contributed by atoms with Crippen molar-refractivity contribution in [1.29, 1.82) is 0 Å². The van der Waals surface area contributed by atoms with Gasteiger partial charge in [0.1, 0.15) is 0 Å². The Hall–Kier alpha value is -1.31. The molecule has 0 amide bonds. The Morgan fingerprint density at radius 1 is 1.25 bits per heavy atom. The summed E-state index contributed by atoms with van der Waals surface area (Å²) in [6, 6.07) is 1.32. The van der Waals surface area contributed by atoms with Gasteiger partial charge in [0, 0.05) is 10.5 Å². The monoisotopic (exact) mass is 314 g/mol. The van der Waals surface area contributed by atoms with Crippen molar-refractivity contribution in [2.75, 3.05) is 6.26 Å². The molecule has 1 aromatic rings. The molecule has 0 bridgehead atoms. The van der Waals surface area contributed by atoms with Gasteiger partial charge in [0.05, 0.1) is 5.56 Å². The fourth-order valence-corrected chi connectivity index (χ4v) is 2.73. The van der Waals surface area contributed by atoms with Crippen molar-refractivity contribution in [3.8, 4) is 0 Å². The summed E-state index contributed by atoms with van der Waals surface area (Å²) in [7, 11) is 0. The zero-order chi connectivity index (χ0) is 15.7. The first-order valence-electron chi connectivity index (χ1n) is 5.46. The molecular formula is C12H11F5O2S. The van der Waals surface area contributed by atoms with Gasteiger partial charge in [-0.1, -0.05) is 13.0 Å². The Balaban J connectivity index is 3.63. The van der Waals surface area contributed by atoms with Crippen molar-refractivity contribution in [2.45, 2.75) is 30.3 Å². The van der Waals surface area contributed by atoms with Crippen molar-refractivity contribution in [1.82, 2.24) is 0 Å². The van der Waals surface area contributed by atoms with E-state index < -0.39 is 23.6 Å². The number of carboxylic acid groups (broad SMARTS) is 1. The summed E-state index contributed by atoms with van der Waals surface area (Å²) >= 11 is 0.678. The number of aromatic carboxylic acids is 1. The van der Waals surface area contributed by atoms with Gasteiger partial charge < -0.3 is 5.11 Å². The second kappa shape index (κ2) is 5.59. The minimum absolute atomic E-state index is 0.0218. The lowest BCUT2D eigenvalue weighted by Gasteiger charge is -2.24. The van der Waals surface area contributed by atoms with E-state index in [9.17, 15) is 26.7 Å². The Bertz CT molecular complexity index is 525. The molecule has 8 heteroatoms. The van der Waals surface area contributed by atoms with Crippen LogP contribution in [0, 0.1) is 0 Å². The van der Waals surface area contributed by atoms with Crippen LogP contribution >= 0.6 is 11.8 Å². The molecule has 0 atom stereocenters. The van der Waals surface area contributed by atoms with Gasteiger partial charge in [-0.3, -0.25) is 0 Å². The van der Waals surface area contributed by atoms with E-state index in [1.165, 1.54) is 13.2 Å². The Labute approximate surface area is 116 Å². The second-order valence-electron chi connectivity index (χ2n) is 3.90. The van der Waals surface area contributed by atoms with Gasteiger partial charge in [-0.2, -0.15) is 22.0 Å². The minimum atomic E-state index is -5.73. The predicted octanol–water partition coefficient (Wildman–Crippen LogP) is 4.32.